The summed E-state index contributed by atoms with van der Waals surface area (Å²) in [4.78, 5) is 18.2. The summed E-state index contributed by atoms with van der Waals surface area (Å²) >= 11 is 0. The molecule has 0 aliphatic carbocycles. The average molecular weight is 453 g/mol. The summed E-state index contributed by atoms with van der Waals surface area (Å²) in [6, 6.07) is 18.7. The second kappa shape index (κ2) is 7.79. The van der Waals surface area contributed by atoms with Crippen molar-refractivity contribution >= 4 is 11.5 Å². The topological polar surface area (TPSA) is 48.9 Å². The van der Waals surface area contributed by atoms with Crippen LogP contribution in [-0.4, -0.2) is 46.3 Å². The zero-order valence-electron chi connectivity index (χ0n) is 19.7. The van der Waals surface area contributed by atoms with E-state index in [2.05, 4.69) is 58.0 Å². The first-order chi connectivity index (χ1) is 16.4. The number of anilines is 1. The fraction of sp³-hybridized carbons (Fsp3) is 0.286. The Kier molecular flexibility index (Phi) is 4.83. The minimum absolute atomic E-state index is 0.0927. The third-order valence-electron chi connectivity index (χ3n) is 7.15. The third-order valence-corrected chi connectivity index (χ3v) is 7.15. The van der Waals surface area contributed by atoms with E-state index in [0.29, 0.717) is 0 Å². The molecule has 6 heteroatoms. The van der Waals surface area contributed by atoms with Crippen molar-refractivity contribution in [3.05, 3.63) is 89.8 Å². The van der Waals surface area contributed by atoms with Gasteiger partial charge in [-0.15, -0.1) is 0 Å². The Morgan fingerprint density at radius 1 is 1.00 bits per heavy atom. The molecule has 3 aromatic rings. The Balaban J connectivity index is 1.35. The van der Waals surface area contributed by atoms with Crippen LogP contribution in [0.4, 0.5) is 5.69 Å². The molecule has 3 aliphatic rings. The first-order valence-corrected chi connectivity index (χ1v) is 11.7. The maximum atomic E-state index is 11.7. The van der Waals surface area contributed by atoms with Crippen molar-refractivity contribution in [1.82, 2.24) is 15.0 Å². The van der Waals surface area contributed by atoms with Crippen molar-refractivity contribution < 1.29 is 9.53 Å². The number of benzene rings is 2. The smallest absolute Gasteiger partial charge is 0.159 e. The zero-order chi connectivity index (χ0) is 23.4. The highest BCUT2D eigenvalue weighted by atomic mass is 16.5. The number of ketones is 1. The van der Waals surface area contributed by atoms with Crippen LogP contribution in [0.2, 0.25) is 0 Å². The lowest BCUT2D eigenvalue weighted by atomic mass is 9.82. The number of hydrogen-bond donors (Lipinski definition) is 0. The summed E-state index contributed by atoms with van der Waals surface area (Å²) in [7, 11) is 0. The Hall–Kier alpha value is -3.48. The predicted molar refractivity (Wildman–Crippen MR) is 132 cm³/mol. The third kappa shape index (κ3) is 3.42. The molecule has 2 aromatic carbocycles. The van der Waals surface area contributed by atoms with Crippen molar-refractivity contribution in [2.75, 3.05) is 24.8 Å². The van der Waals surface area contributed by atoms with E-state index in [4.69, 9.17) is 4.74 Å². The summed E-state index contributed by atoms with van der Waals surface area (Å²) in [6.45, 7) is 8.38. The van der Waals surface area contributed by atoms with E-state index >= 15 is 0 Å². The van der Waals surface area contributed by atoms with Gasteiger partial charge < -0.3 is 9.64 Å². The number of ether oxygens (including phenoxy) is 1. The Morgan fingerprint density at radius 2 is 1.76 bits per heavy atom. The summed E-state index contributed by atoms with van der Waals surface area (Å²) in [5, 5.41) is 4.86. The van der Waals surface area contributed by atoms with Gasteiger partial charge in [0.15, 0.2) is 5.78 Å². The number of nitrogens with zero attached hydrogens (tertiary/aromatic N) is 4. The molecule has 6 rings (SSSR count). The zero-order valence-corrected chi connectivity index (χ0v) is 19.7. The van der Waals surface area contributed by atoms with Crippen LogP contribution in [0, 0.1) is 0 Å². The first-order valence-electron chi connectivity index (χ1n) is 11.7. The maximum absolute atomic E-state index is 11.7. The van der Waals surface area contributed by atoms with Crippen LogP contribution >= 0.6 is 0 Å². The molecule has 3 aliphatic heterocycles. The molecule has 4 heterocycles. The van der Waals surface area contributed by atoms with E-state index in [9.17, 15) is 4.79 Å². The summed E-state index contributed by atoms with van der Waals surface area (Å²) in [6.07, 6.45) is 5.98. The van der Waals surface area contributed by atoms with Gasteiger partial charge in [-0.2, -0.15) is 0 Å². The molecule has 1 aromatic heterocycles. The van der Waals surface area contributed by atoms with Crippen molar-refractivity contribution in [2.45, 2.75) is 32.4 Å². The number of rotatable bonds is 3. The standard InChI is InChI=1S/C28H28N4O2/c1-19(33)20-4-7-23(8-5-20)30-17-31-15-12-25-27(32(31)18-30)24-9-6-22(21-10-13-29-14-11-21)16-26(24)34-28(25,2)3/h4-14,16,27H,15,17-18H2,1-3H3. The first kappa shape index (κ1) is 21.1. The van der Waals surface area contributed by atoms with Gasteiger partial charge in [-0.05, 0) is 79.9 Å². The lowest BCUT2D eigenvalue weighted by molar-refractivity contribution is -0.0296. The molecule has 0 amide bonds. The SMILES string of the molecule is CC(=O)c1ccc(N2CN3CC=C4C(c5ccc(-c6ccncc6)cc5OC4(C)C)N3C2)cc1. The minimum Gasteiger partial charge on any atom is -0.483 e. The molecule has 6 nitrogen and oxygen atoms in total. The second-order valence-electron chi connectivity index (χ2n) is 9.72. The molecule has 0 spiro atoms. The van der Waals surface area contributed by atoms with E-state index in [1.165, 1.54) is 11.1 Å². The van der Waals surface area contributed by atoms with Gasteiger partial charge in [0.25, 0.3) is 0 Å². The Bertz CT molecular complexity index is 1280. The van der Waals surface area contributed by atoms with Crippen LogP contribution in [0.3, 0.4) is 0 Å². The number of carbonyl (C=O) groups is 1. The van der Waals surface area contributed by atoms with E-state index in [-0.39, 0.29) is 11.8 Å². The average Bonchev–Trinajstić information content (AvgIpc) is 3.28. The van der Waals surface area contributed by atoms with Gasteiger partial charge in [0.05, 0.1) is 19.4 Å². The molecule has 172 valence electrons. The van der Waals surface area contributed by atoms with E-state index in [1.54, 1.807) is 6.92 Å². The highest BCUT2D eigenvalue weighted by Gasteiger charge is 2.47. The van der Waals surface area contributed by atoms with Crippen molar-refractivity contribution in [3.63, 3.8) is 0 Å². The second-order valence-corrected chi connectivity index (χ2v) is 9.72. The molecule has 1 fully saturated rings. The van der Waals surface area contributed by atoms with Crippen LogP contribution in [0.25, 0.3) is 11.1 Å². The number of hydrazine groups is 1. The van der Waals surface area contributed by atoms with Gasteiger partial charge in [-0.1, -0.05) is 18.2 Å². The van der Waals surface area contributed by atoms with Crippen LogP contribution in [-0.2, 0) is 0 Å². The monoisotopic (exact) mass is 452 g/mol. The van der Waals surface area contributed by atoms with Gasteiger partial charge in [0.1, 0.15) is 11.4 Å². The number of aromatic nitrogens is 1. The predicted octanol–water partition coefficient (Wildman–Crippen LogP) is 5.06. The number of carbonyl (C=O) groups excluding carboxylic acids is 1. The van der Waals surface area contributed by atoms with Crippen LogP contribution in [0.15, 0.2) is 78.6 Å². The summed E-state index contributed by atoms with van der Waals surface area (Å²) in [5.41, 5.74) is 6.24. The number of Topliss-reactive ketones (excluding diaryl/α,β-unsaturated/α-hetero) is 1. The molecule has 0 saturated carbocycles. The summed E-state index contributed by atoms with van der Waals surface area (Å²) < 4.78 is 6.57. The highest BCUT2D eigenvalue weighted by molar-refractivity contribution is 5.94. The normalized spacial score (nSPS) is 21.2. The molecular weight excluding hydrogens is 424 g/mol. The number of hydrogen-bond acceptors (Lipinski definition) is 6. The minimum atomic E-state index is -0.392. The molecule has 1 saturated heterocycles. The molecule has 0 radical (unpaired) electrons. The largest absolute Gasteiger partial charge is 0.483 e. The van der Waals surface area contributed by atoms with Crippen molar-refractivity contribution in [2.24, 2.45) is 0 Å². The van der Waals surface area contributed by atoms with E-state index < -0.39 is 5.60 Å². The summed E-state index contributed by atoms with van der Waals surface area (Å²) in [5.74, 6) is 1.03. The van der Waals surface area contributed by atoms with Crippen molar-refractivity contribution in [1.29, 1.82) is 0 Å². The fourth-order valence-corrected chi connectivity index (χ4v) is 5.35. The van der Waals surface area contributed by atoms with Gasteiger partial charge in [-0.25, -0.2) is 10.0 Å². The quantitative estimate of drug-likeness (QED) is 0.409. The Morgan fingerprint density at radius 3 is 2.50 bits per heavy atom. The maximum Gasteiger partial charge on any atom is 0.159 e. The van der Waals surface area contributed by atoms with Crippen LogP contribution in [0.5, 0.6) is 5.75 Å². The van der Waals surface area contributed by atoms with E-state index in [1.807, 2.05) is 48.8 Å². The van der Waals surface area contributed by atoms with Crippen LogP contribution in [0.1, 0.15) is 42.7 Å². The van der Waals surface area contributed by atoms with Crippen molar-refractivity contribution in [3.8, 4) is 16.9 Å². The molecule has 0 bridgehead atoms. The molecular formula is C28H28N4O2. The fourth-order valence-electron chi connectivity index (χ4n) is 5.35. The lowest BCUT2D eigenvalue weighted by Gasteiger charge is -2.48. The molecule has 0 N–H and O–H groups in total. The lowest BCUT2D eigenvalue weighted by Crippen LogP contribution is -2.51. The van der Waals surface area contributed by atoms with E-state index in [0.717, 1.165) is 48.0 Å². The Labute approximate surface area is 200 Å². The van der Waals surface area contributed by atoms with Gasteiger partial charge in [0, 0.05) is 35.8 Å². The van der Waals surface area contributed by atoms with Gasteiger partial charge in [-0.3, -0.25) is 9.78 Å². The van der Waals surface area contributed by atoms with Crippen LogP contribution < -0.4 is 9.64 Å². The van der Waals surface area contributed by atoms with Gasteiger partial charge >= 0.3 is 0 Å². The molecule has 1 unspecified atom stereocenters. The molecule has 1 atom stereocenters. The van der Waals surface area contributed by atoms with Gasteiger partial charge in [0.2, 0.25) is 0 Å². The number of pyridine rings is 1. The highest BCUT2D eigenvalue weighted by Crippen LogP contribution is 2.50. The molecule has 34 heavy (non-hydrogen) atoms. The number of fused-ring (bicyclic) bond motifs is 5.